The fourth-order valence-electron chi connectivity index (χ4n) is 7.92. The molecule has 0 fully saturated rings. The van der Waals surface area contributed by atoms with E-state index in [0.717, 1.165) is 71.7 Å². The minimum Gasteiger partial charge on any atom is -0.456 e. The van der Waals surface area contributed by atoms with Crippen molar-refractivity contribution in [1.82, 2.24) is 4.57 Å². The second kappa shape index (κ2) is 9.96. The molecule has 0 aliphatic carbocycles. The number of benzene rings is 8. The number of aromatic nitrogens is 1. The largest absolute Gasteiger partial charge is 0.456 e. The van der Waals surface area contributed by atoms with Gasteiger partial charge in [0.2, 0.25) is 0 Å². The molecule has 0 atom stereocenters. The van der Waals surface area contributed by atoms with Gasteiger partial charge >= 0.3 is 0 Å². The van der Waals surface area contributed by atoms with Crippen LogP contribution < -0.4 is 0 Å². The summed E-state index contributed by atoms with van der Waals surface area (Å²) in [6.07, 6.45) is 0. The number of hydrogen-bond acceptors (Lipinski definition) is 2. The smallest absolute Gasteiger partial charge is 0.159 e. The topological polar surface area (TPSA) is 31.2 Å². The van der Waals surface area contributed by atoms with Gasteiger partial charge < -0.3 is 13.4 Å². The van der Waals surface area contributed by atoms with Gasteiger partial charge in [-0.05, 0) is 87.6 Å². The maximum absolute atomic E-state index is 6.58. The fraction of sp³-hybridized carbons (Fsp3) is 0. The summed E-state index contributed by atoms with van der Waals surface area (Å²) in [7, 11) is 0. The summed E-state index contributed by atoms with van der Waals surface area (Å²) >= 11 is 0. The van der Waals surface area contributed by atoms with Crippen LogP contribution in [0.3, 0.4) is 0 Å². The molecule has 0 aliphatic rings. The summed E-state index contributed by atoms with van der Waals surface area (Å²) in [6, 6.07) is 58.5. The van der Waals surface area contributed by atoms with E-state index in [9.17, 15) is 0 Å². The van der Waals surface area contributed by atoms with Gasteiger partial charge in [-0.3, -0.25) is 0 Å². The average Bonchev–Trinajstić information content (AvgIpc) is 3.83. The van der Waals surface area contributed by atoms with Crippen LogP contribution in [0.5, 0.6) is 0 Å². The minimum absolute atomic E-state index is 0.891. The summed E-state index contributed by atoms with van der Waals surface area (Å²) in [5, 5.41) is 9.40. The lowest BCUT2D eigenvalue weighted by Gasteiger charge is -2.10. The average molecular weight is 626 g/mol. The molecular formula is C46H27NO2. The molecule has 3 aromatic heterocycles. The first-order chi connectivity index (χ1) is 24.3. The molecule has 3 heterocycles. The molecule has 0 radical (unpaired) electrons. The molecule has 0 bridgehead atoms. The summed E-state index contributed by atoms with van der Waals surface area (Å²) < 4.78 is 15.1. The van der Waals surface area contributed by atoms with Crippen LogP contribution in [0.2, 0.25) is 0 Å². The van der Waals surface area contributed by atoms with Gasteiger partial charge in [0.15, 0.2) is 5.58 Å². The molecule has 0 saturated heterocycles. The molecule has 11 rings (SSSR count). The maximum atomic E-state index is 6.58. The third-order valence-electron chi connectivity index (χ3n) is 10.2. The normalized spacial score (nSPS) is 12.1. The molecule has 3 nitrogen and oxygen atoms in total. The molecule has 11 aromatic rings. The van der Waals surface area contributed by atoms with Crippen LogP contribution in [-0.4, -0.2) is 4.57 Å². The Balaban J connectivity index is 1.20. The number of nitrogens with zero attached hydrogens (tertiary/aromatic N) is 1. The second-order valence-electron chi connectivity index (χ2n) is 12.9. The van der Waals surface area contributed by atoms with Crippen LogP contribution in [-0.2, 0) is 0 Å². The highest BCUT2D eigenvalue weighted by Gasteiger charge is 2.19. The monoisotopic (exact) mass is 625 g/mol. The third-order valence-corrected chi connectivity index (χ3v) is 10.2. The van der Waals surface area contributed by atoms with Crippen LogP contribution in [0.4, 0.5) is 0 Å². The lowest BCUT2D eigenvalue weighted by molar-refractivity contribution is 0.666. The van der Waals surface area contributed by atoms with Crippen LogP contribution in [0.1, 0.15) is 0 Å². The molecule has 0 unspecified atom stereocenters. The van der Waals surface area contributed by atoms with Gasteiger partial charge in [-0.1, -0.05) is 109 Å². The van der Waals surface area contributed by atoms with Crippen molar-refractivity contribution >= 4 is 76.5 Å². The molecule has 49 heavy (non-hydrogen) atoms. The van der Waals surface area contributed by atoms with E-state index in [2.05, 4.69) is 144 Å². The standard InChI is InChI=1S/C46H27NO2/c1-2-11-32-28(9-1)10-7-14-33(32)31-20-23-41-38(27-31)37-25-29(30-21-24-45-39(26-30)35-13-4-5-17-43(35)48-45)19-22-40(37)47(41)42-16-8-15-36-34-12-3-6-18-44(34)49-46(36)42/h1-27H. The Hall–Kier alpha value is -6.58. The number of furan rings is 2. The SMILES string of the molecule is c1ccc2c(-c3ccc4c(c3)c3cc(-c5ccc6oc7ccccc7c6c5)ccc3n4-c3cccc4c3oc3ccccc34)cccc2c1. The Morgan fingerprint density at radius 1 is 0.347 bits per heavy atom. The summed E-state index contributed by atoms with van der Waals surface area (Å²) in [5.41, 5.74) is 11.7. The predicted molar refractivity (Wildman–Crippen MR) is 204 cm³/mol. The van der Waals surface area contributed by atoms with E-state index >= 15 is 0 Å². The highest BCUT2D eigenvalue weighted by molar-refractivity contribution is 6.15. The van der Waals surface area contributed by atoms with Gasteiger partial charge in [-0.2, -0.15) is 0 Å². The van der Waals surface area contributed by atoms with Crippen LogP contribution in [0, 0.1) is 0 Å². The zero-order valence-electron chi connectivity index (χ0n) is 26.4. The zero-order chi connectivity index (χ0) is 32.1. The van der Waals surface area contributed by atoms with E-state index in [1.807, 2.05) is 24.3 Å². The lowest BCUT2D eigenvalue weighted by atomic mass is 9.96. The summed E-state index contributed by atoms with van der Waals surface area (Å²) in [5.74, 6) is 0. The minimum atomic E-state index is 0.891. The van der Waals surface area contributed by atoms with E-state index < -0.39 is 0 Å². The molecule has 3 heteroatoms. The first kappa shape index (κ1) is 26.5. The van der Waals surface area contributed by atoms with E-state index in [4.69, 9.17) is 8.83 Å². The van der Waals surface area contributed by atoms with Gasteiger partial charge in [0.05, 0.1) is 16.7 Å². The van der Waals surface area contributed by atoms with E-state index in [0.29, 0.717) is 0 Å². The van der Waals surface area contributed by atoms with Gasteiger partial charge in [-0.15, -0.1) is 0 Å². The van der Waals surface area contributed by atoms with Crippen molar-refractivity contribution in [2.75, 3.05) is 0 Å². The molecule has 0 aliphatic heterocycles. The molecular weight excluding hydrogens is 599 g/mol. The van der Waals surface area contributed by atoms with E-state index in [-0.39, 0.29) is 0 Å². The van der Waals surface area contributed by atoms with Crippen LogP contribution in [0.25, 0.3) is 104 Å². The maximum Gasteiger partial charge on any atom is 0.159 e. The Kier molecular flexibility index (Phi) is 5.38. The zero-order valence-corrected chi connectivity index (χ0v) is 26.4. The van der Waals surface area contributed by atoms with Gasteiger partial charge in [0, 0.05) is 32.3 Å². The molecule has 0 spiro atoms. The van der Waals surface area contributed by atoms with E-state index in [1.54, 1.807) is 0 Å². The molecule has 8 aromatic carbocycles. The Labute approximate surface area is 280 Å². The predicted octanol–water partition coefficient (Wildman–Crippen LogP) is 13.1. The molecule has 0 amide bonds. The van der Waals surface area contributed by atoms with Crippen molar-refractivity contribution in [1.29, 1.82) is 0 Å². The van der Waals surface area contributed by atoms with Crippen molar-refractivity contribution in [3.63, 3.8) is 0 Å². The number of fused-ring (bicyclic) bond motifs is 10. The van der Waals surface area contributed by atoms with Crippen molar-refractivity contribution in [3.05, 3.63) is 164 Å². The Bertz CT molecular complexity index is 3110. The fourth-order valence-corrected chi connectivity index (χ4v) is 7.92. The molecule has 228 valence electrons. The van der Waals surface area contributed by atoms with Crippen molar-refractivity contribution in [3.8, 4) is 27.9 Å². The molecule has 0 saturated carbocycles. The highest BCUT2D eigenvalue weighted by Crippen LogP contribution is 2.42. The number of rotatable bonds is 3. The van der Waals surface area contributed by atoms with Gasteiger partial charge in [0.1, 0.15) is 16.7 Å². The Morgan fingerprint density at radius 2 is 0.898 bits per heavy atom. The van der Waals surface area contributed by atoms with Gasteiger partial charge in [0.25, 0.3) is 0 Å². The van der Waals surface area contributed by atoms with Crippen molar-refractivity contribution in [2.24, 2.45) is 0 Å². The Morgan fingerprint density at radius 3 is 1.71 bits per heavy atom. The first-order valence-electron chi connectivity index (χ1n) is 16.7. The van der Waals surface area contributed by atoms with Crippen LogP contribution >= 0.6 is 0 Å². The second-order valence-corrected chi connectivity index (χ2v) is 12.9. The molecule has 0 N–H and O–H groups in total. The first-order valence-corrected chi connectivity index (χ1v) is 16.7. The third kappa shape index (κ3) is 3.84. The van der Waals surface area contributed by atoms with Crippen molar-refractivity contribution < 1.29 is 8.83 Å². The van der Waals surface area contributed by atoms with Crippen LogP contribution in [0.15, 0.2) is 173 Å². The summed E-state index contributed by atoms with van der Waals surface area (Å²) in [6.45, 7) is 0. The lowest BCUT2D eigenvalue weighted by Crippen LogP contribution is -1.94. The van der Waals surface area contributed by atoms with E-state index in [1.165, 1.54) is 32.7 Å². The number of para-hydroxylation sites is 3. The quantitative estimate of drug-likeness (QED) is 0.196. The number of hydrogen-bond donors (Lipinski definition) is 0. The summed E-state index contributed by atoms with van der Waals surface area (Å²) in [4.78, 5) is 0. The van der Waals surface area contributed by atoms with Crippen molar-refractivity contribution in [2.45, 2.75) is 0 Å². The highest BCUT2D eigenvalue weighted by atomic mass is 16.3. The van der Waals surface area contributed by atoms with Gasteiger partial charge in [-0.25, -0.2) is 0 Å².